The Kier molecular flexibility index (Phi) is 6.51. The van der Waals surface area contributed by atoms with E-state index in [4.69, 9.17) is 9.97 Å². The highest BCUT2D eigenvalue weighted by Crippen LogP contribution is 2.38. The molecule has 0 atom stereocenters. The van der Waals surface area contributed by atoms with Crippen molar-refractivity contribution in [3.8, 4) is 50.8 Å². The lowest BCUT2D eigenvalue weighted by molar-refractivity contribution is 1.03. The van der Waals surface area contributed by atoms with Crippen LogP contribution in [0.1, 0.15) is 11.1 Å². The Hall–Kier alpha value is -6.33. The zero-order valence-electron chi connectivity index (χ0n) is 26.6. The average molecular weight is 618 g/mol. The van der Waals surface area contributed by atoms with Crippen molar-refractivity contribution in [1.29, 1.82) is 0 Å². The molecule has 9 aromatic rings. The lowest BCUT2D eigenvalue weighted by Gasteiger charge is -2.16. The van der Waals surface area contributed by atoms with Crippen LogP contribution in [0.4, 0.5) is 0 Å². The van der Waals surface area contributed by atoms with Gasteiger partial charge >= 0.3 is 0 Å². The van der Waals surface area contributed by atoms with Crippen LogP contribution >= 0.6 is 0 Å². The van der Waals surface area contributed by atoms with E-state index in [0.717, 1.165) is 72.9 Å². The smallest absolute Gasteiger partial charge is 0.147 e. The molecule has 4 aromatic heterocycles. The van der Waals surface area contributed by atoms with Crippen LogP contribution in [0.25, 0.3) is 83.7 Å². The highest BCUT2D eigenvalue weighted by atomic mass is 15.1. The zero-order valence-corrected chi connectivity index (χ0v) is 26.6. The number of pyridine rings is 2. The van der Waals surface area contributed by atoms with Crippen LogP contribution in [-0.4, -0.2) is 24.5 Å². The SMILES string of the molecule is Cc1cc(-c2ccccc2)cc(C)c1-c1nc2ccc(-c3cccc4c3[nH]c3ccccc34)cc2n1-c1cccc(-c2ccccn2)n1. The molecule has 5 heteroatoms. The Bertz CT molecular complexity index is 2610. The van der Waals surface area contributed by atoms with Gasteiger partial charge in [-0.05, 0) is 84.1 Å². The maximum absolute atomic E-state index is 5.32. The summed E-state index contributed by atoms with van der Waals surface area (Å²) >= 11 is 0. The molecule has 48 heavy (non-hydrogen) atoms. The van der Waals surface area contributed by atoms with Gasteiger partial charge in [-0.15, -0.1) is 0 Å². The number of H-pyrrole nitrogens is 1. The van der Waals surface area contributed by atoms with E-state index in [1.54, 1.807) is 6.20 Å². The van der Waals surface area contributed by atoms with E-state index in [2.05, 4.69) is 144 Å². The van der Waals surface area contributed by atoms with Gasteiger partial charge in [0.05, 0.1) is 27.9 Å². The van der Waals surface area contributed by atoms with E-state index in [1.165, 1.54) is 21.9 Å². The second kappa shape index (κ2) is 11.2. The standard InChI is InChI=1S/C43H31N5/c1-27-24-31(29-12-4-3-5-13-29)25-28(2)41(27)43-47-38-22-21-30(32-15-10-16-34-33-14-6-7-17-35(33)46-42(32)34)26-39(38)48(43)40-20-11-19-37(45-40)36-18-8-9-23-44-36/h3-26,46H,1-2H3. The Morgan fingerprint density at radius 3 is 2.15 bits per heavy atom. The molecular formula is C43H31N5. The third kappa shape index (κ3) is 4.59. The molecule has 0 radical (unpaired) electrons. The lowest BCUT2D eigenvalue weighted by atomic mass is 9.95. The summed E-state index contributed by atoms with van der Waals surface area (Å²) < 4.78 is 2.22. The maximum Gasteiger partial charge on any atom is 0.147 e. The maximum atomic E-state index is 5.32. The third-order valence-corrected chi connectivity index (χ3v) is 9.26. The van der Waals surface area contributed by atoms with Gasteiger partial charge in [0.2, 0.25) is 0 Å². The van der Waals surface area contributed by atoms with Crippen LogP contribution in [0, 0.1) is 13.8 Å². The number of rotatable bonds is 5. The number of aromatic amines is 1. The average Bonchev–Trinajstić information content (AvgIpc) is 3.70. The molecule has 0 aliphatic rings. The minimum absolute atomic E-state index is 0.794. The highest BCUT2D eigenvalue weighted by Gasteiger charge is 2.21. The topological polar surface area (TPSA) is 59.4 Å². The Morgan fingerprint density at radius 1 is 0.562 bits per heavy atom. The Balaban J connectivity index is 1.29. The van der Waals surface area contributed by atoms with E-state index >= 15 is 0 Å². The molecule has 9 rings (SSSR count). The number of aromatic nitrogens is 5. The number of imidazole rings is 1. The summed E-state index contributed by atoms with van der Waals surface area (Å²) in [5, 5.41) is 2.44. The molecule has 0 aliphatic heterocycles. The van der Waals surface area contributed by atoms with Gasteiger partial charge in [0.25, 0.3) is 0 Å². The van der Waals surface area contributed by atoms with Crippen molar-refractivity contribution in [1.82, 2.24) is 24.5 Å². The summed E-state index contributed by atoms with van der Waals surface area (Å²) in [6, 6.07) is 48.7. The number of hydrogen-bond donors (Lipinski definition) is 1. The van der Waals surface area contributed by atoms with Gasteiger partial charge in [-0.3, -0.25) is 9.55 Å². The van der Waals surface area contributed by atoms with Gasteiger partial charge in [-0.25, -0.2) is 9.97 Å². The molecule has 4 heterocycles. The molecule has 228 valence electrons. The fraction of sp³-hybridized carbons (Fsp3) is 0.0465. The van der Waals surface area contributed by atoms with Crippen LogP contribution in [0.5, 0.6) is 0 Å². The number of hydrogen-bond acceptors (Lipinski definition) is 3. The number of benzene rings is 5. The first-order chi connectivity index (χ1) is 23.6. The molecular weight excluding hydrogens is 587 g/mol. The molecule has 0 bridgehead atoms. The van der Waals surface area contributed by atoms with Crippen molar-refractivity contribution >= 4 is 32.8 Å². The van der Waals surface area contributed by atoms with Crippen molar-refractivity contribution in [2.75, 3.05) is 0 Å². The quantitative estimate of drug-likeness (QED) is 0.209. The van der Waals surface area contributed by atoms with Crippen LogP contribution in [0.2, 0.25) is 0 Å². The van der Waals surface area contributed by atoms with Crippen molar-refractivity contribution in [2.24, 2.45) is 0 Å². The first-order valence-corrected chi connectivity index (χ1v) is 16.2. The molecule has 0 fully saturated rings. The van der Waals surface area contributed by atoms with Crippen LogP contribution in [-0.2, 0) is 0 Å². The number of nitrogens with one attached hydrogen (secondary N) is 1. The molecule has 0 unspecified atom stereocenters. The first-order valence-electron chi connectivity index (χ1n) is 16.2. The number of nitrogens with zero attached hydrogens (tertiary/aromatic N) is 4. The van der Waals surface area contributed by atoms with E-state index in [1.807, 2.05) is 24.3 Å². The number of fused-ring (bicyclic) bond motifs is 4. The van der Waals surface area contributed by atoms with E-state index in [0.29, 0.717) is 0 Å². The van der Waals surface area contributed by atoms with Crippen LogP contribution in [0.15, 0.2) is 146 Å². The summed E-state index contributed by atoms with van der Waals surface area (Å²) in [5.41, 5.74) is 13.9. The van der Waals surface area contributed by atoms with Crippen molar-refractivity contribution in [3.05, 3.63) is 157 Å². The monoisotopic (exact) mass is 617 g/mol. The van der Waals surface area contributed by atoms with Crippen molar-refractivity contribution < 1.29 is 0 Å². The summed E-state index contributed by atoms with van der Waals surface area (Å²) in [4.78, 5) is 18.8. The molecule has 0 saturated heterocycles. The molecule has 0 aliphatic carbocycles. The molecule has 0 spiro atoms. The largest absolute Gasteiger partial charge is 0.354 e. The fourth-order valence-electron chi connectivity index (χ4n) is 7.07. The van der Waals surface area contributed by atoms with Gasteiger partial charge in [0.1, 0.15) is 11.6 Å². The van der Waals surface area contributed by atoms with Crippen molar-refractivity contribution in [2.45, 2.75) is 13.8 Å². The molecule has 5 nitrogen and oxygen atoms in total. The van der Waals surface area contributed by atoms with E-state index in [-0.39, 0.29) is 0 Å². The van der Waals surface area contributed by atoms with E-state index in [9.17, 15) is 0 Å². The van der Waals surface area contributed by atoms with Gasteiger partial charge < -0.3 is 4.98 Å². The van der Waals surface area contributed by atoms with Crippen LogP contribution in [0.3, 0.4) is 0 Å². The van der Waals surface area contributed by atoms with Gasteiger partial charge in [-0.1, -0.05) is 97.1 Å². The minimum atomic E-state index is 0.794. The predicted molar refractivity (Wildman–Crippen MR) is 197 cm³/mol. The highest BCUT2D eigenvalue weighted by molar-refractivity contribution is 6.12. The van der Waals surface area contributed by atoms with Gasteiger partial charge in [-0.2, -0.15) is 0 Å². The normalized spacial score (nSPS) is 11.5. The summed E-state index contributed by atoms with van der Waals surface area (Å²) in [6.07, 6.45) is 1.81. The van der Waals surface area contributed by atoms with Gasteiger partial charge in [0.15, 0.2) is 0 Å². The molecule has 1 N–H and O–H groups in total. The summed E-state index contributed by atoms with van der Waals surface area (Å²) in [5.74, 6) is 1.66. The van der Waals surface area contributed by atoms with E-state index < -0.39 is 0 Å². The minimum Gasteiger partial charge on any atom is -0.354 e. The fourth-order valence-corrected chi connectivity index (χ4v) is 7.07. The number of para-hydroxylation sites is 2. The second-order valence-electron chi connectivity index (χ2n) is 12.3. The second-order valence-corrected chi connectivity index (χ2v) is 12.3. The molecule has 0 saturated carbocycles. The zero-order chi connectivity index (χ0) is 32.2. The Morgan fingerprint density at radius 2 is 1.31 bits per heavy atom. The third-order valence-electron chi connectivity index (χ3n) is 9.26. The van der Waals surface area contributed by atoms with Crippen molar-refractivity contribution in [3.63, 3.8) is 0 Å². The first kappa shape index (κ1) is 27.9. The Labute approximate surface area is 278 Å². The van der Waals surface area contributed by atoms with Gasteiger partial charge in [0, 0.05) is 33.6 Å². The van der Waals surface area contributed by atoms with Crippen LogP contribution < -0.4 is 0 Å². The summed E-state index contributed by atoms with van der Waals surface area (Å²) in [7, 11) is 0. The number of aryl methyl sites for hydroxylation is 2. The molecule has 5 aromatic carbocycles. The predicted octanol–water partition coefficient (Wildman–Crippen LogP) is 10.7. The lowest BCUT2D eigenvalue weighted by Crippen LogP contribution is -2.04. The molecule has 0 amide bonds. The summed E-state index contributed by atoms with van der Waals surface area (Å²) in [6.45, 7) is 4.36.